The molecule has 5 heteroatoms. The molecule has 0 saturated heterocycles. The number of allylic oxidation sites excluding steroid dienone is 1. The first-order valence-electron chi connectivity index (χ1n) is 7.29. The van der Waals surface area contributed by atoms with Crippen LogP contribution in [0.4, 0.5) is 5.95 Å². The fourth-order valence-corrected chi connectivity index (χ4v) is 2.93. The molecular weight excluding hydrogens is 276 g/mol. The van der Waals surface area contributed by atoms with Gasteiger partial charge < -0.3 is 5.73 Å². The lowest BCUT2D eigenvalue weighted by Gasteiger charge is -2.25. The lowest BCUT2D eigenvalue weighted by atomic mass is 9.85. The number of anilines is 1. The van der Waals surface area contributed by atoms with E-state index < -0.39 is 0 Å². The van der Waals surface area contributed by atoms with Gasteiger partial charge in [0.15, 0.2) is 0 Å². The monoisotopic (exact) mass is 296 g/mol. The van der Waals surface area contributed by atoms with Crippen molar-refractivity contribution in [2.24, 2.45) is 0 Å². The van der Waals surface area contributed by atoms with Crippen LogP contribution in [0.1, 0.15) is 34.0 Å². The van der Waals surface area contributed by atoms with Gasteiger partial charge in [-0.2, -0.15) is 0 Å². The van der Waals surface area contributed by atoms with E-state index in [0.717, 1.165) is 29.1 Å². The van der Waals surface area contributed by atoms with E-state index in [-0.39, 0.29) is 5.92 Å². The Morgan fingerprint density at radius 2 is 1.91 bits per heavy atom. The van der Waals surface area contributed by atoms with E-state index in [1.165, 1.54) is 11.1 Å². The fourth-order valence-electron chi connectivity index (χ4n) is 2.93. The number of hydroxylamine groups is 1. The predicted octanol–water partition coefficient (Wildman–Crippen LogP) is 2.51. The third-order valence-corrected chi connectivity index (χ3v) is 3.95. The molecule has 5 nitrogen and oxygen atoms in total. The number of rotatable bonds is 3. The molecule has 1 unspecified atom stereocenters. The molecule has 0 bridgehead atoms. The van der Waals surface area contributed by atoms with Crippen molar-refractivity contribution in [2.75, 3.05) is 12.8 Å². The molecule has 1 aliphatic rings. The molecular formula is C17H20N4O. The predicted molar refractivity (Wildman–Crippen MR) is 86.9 cm³/mol. The highest BCUT2D eigenvalue weighted by molar-refractivity contribution is 5.70. The number of nitrogen functional groups attached to an aromatic ring is 1. The second-order valence-corrected chi connectivity index (χ2v) is 5.60. The van der Waals surface area contributed by atoms with Gasteiger partial charge in [-0.3, -0.25) is 10.3 Å². The van der Waals surface area contributed by atoms with Crippen LogP contribution in [0.3, 0.4) is 0 Å². The molecule has 0 amide bonds. The Balaban J connectivity index is 2.06. The minimum atomic E-state index is 0.236. The Bertz CT molecular complexity index is 722. The van der Waals surface area contributed by atoms with Gasteiger partial charge in [-0.15, -0.1) is 0 Å². The maximum atomic E-state index is 5.81. The molecule has 22 heavy (non-hydrogen) atoms. The largest absolute Gasteiger partial charge is 0.368 e. The van der Waals surface area contributed by atoms with Crippen molar-refractivity contribution in [1.82, 2.24) is 15.4 Å². The molecule has 0 saturated carbocycles. The number of hydrogen-bond acceptors (Lipinski definition) is 5. The first kappa shape index (κ1) is 14.5. The number of aryl methyl sites for hydroxylation is 2. The number of nitrogens with one attached hydrogen (secondary N) is 1. The molecule has 1 aromatic carbocycles. The van der Waals surface area contributed by atoms with Crippen molar-refractivity contribution in [2.45, 2.75) is 26.2 Å². The van der Waals surface area contributed by atoms with Crippen molar-refractivity contribution in [3.8, 4) is 0 Å². The summed E-state index contributed by atoms with van der Waals surface area (Å²) in [6.45, 7) is 4.03. The molecule has 1 aromatic heterocycles. The van der Waals surface area contributed by atoms with Gasteiger partial charge in [0.05, 0.1) is 24.2 Å². The van der Waals surface area contributed by atoms with Crippen LogP contribution in [-0.2, 0) is 11.3 Å². The highest BCUT2D eigenvalue weighted by atomic mass is 16.6. The number of aromatic nitrogens is 2. The average molecular weight is 296 g/mol. The maximum Gasteiger partial charge on any atom is 0.220 e. The summed E-state index contributed by atoms with van der Waals surface area (Å²) in [6.07, 6.45) is 2.98. The molecule has 0 radical (unpaired) electrons. The number of nitrogens with two attached hydrogens (primary N) is 1. The summed E-state index contributed by atoms with van der Waals surface area (Å²) < 4.78 is 0. The van der Waals surface area contributed by atoms with Crippen LogP contribution >= 0.6 is 0 Å². The van der Waals surface area contributed by atoms with Crippen molar-refractivity contribution in [3.05, 3.63) is 58.4 Å². The number of nitrogens with zero attached hydrogens (tertiary/aromatic N) is 2. The number of hydrogen-bond donors (Lipinski definition) is 2. The Hall–Kier alpha value is -2.40. The summed E-state index contributed by atoms with van der Waals surface area (Å²) in [4.78, 5) is 13.8. The molecule has 2 aromatic rings. The molecule has 1 heterocycles. The zero-order valence-electron chi connectivity index (χ0n) is 13.1. The molecule has 0 spiro atoms. The maximum absolute atomic E-state index is 5.81. The summed E-state index contributed by atoms with van der Waals surface area (Å²) in [7, 11) is 1.60. The summed E-state index contributed by atoms with van der Waals surface area (Å²) >= 11 is 0. The van der Waals surface area contributed by atoms with Gasteiger partial charge in [0.1, 0.15) is 0 Å². The molecule has 1 atom stereocenters. The van der Waals surface area contributed by atoms with Gasteiger partial charge in [-0.1, -0.05) is 35.9 Å². The van der Waals surface area contributed by atoms with Gasteiger partial charge in [-0.25, -0.2) is 9.97 Å². The van der Waals surface area contributed by atoms with E-state index in [4.69, 9.17) is 10.6 Å². The molecule has 1 aliphatic carbocycles. The highest BCUT2D eigenvalue weighted by Gasteiger charge is 2.25. The van der Waals surface area contributed by atoms with Crippen LogP contribution in [0.2, 0.25) is 0 Å². The van der Waals surface area contributed by atoms with Crippen molar-refractivity contribution in [3.63, 3.8) is 0 Å². The van der Waals surface area contributed by atoms with Crippen LogP contribution in [0.25, 0.3) is 5.70 Å². The fraction of sp³-hybridized carbons (Fsp3) is 0.294. The highest BCUT2D eigenvalue weighted by Crippen LogP contribution is 2.34. The van der Waals surface area contributed by atoms with Gasteiger partial charge in [0.25, 0.3) is 0 Å². The van der Waals surface area contributed by atoms with Crippen LogP contribution in [0.15, 0.2) is 30.3 Å². The summed E-state index contributed by atoms with van der Waals surface area (Å²) in [5.41, 5.74) is 15.0. The molecule has 114 valence electrons. The van der Waals surface area contributed by atoms with Gasteiger partial charge in [-0.05, 0) is 19.4 Å². The van der Waals surface area contributed by atoms with Gasteiger partial charge >= 0.3 is 0 Å². The standard InChI is InChI=1S/C17H20N4O/c1-10-4-6-12(7-5-10)13-8-14-16(15(9-13)21-22-3)11(2)19-17(18)20-14/h4-7,9,13,21H,8H2,1-3H3,(H2,18,19,20). The van der Waals surface area contributed by atoms with Crippen LogP contribution in [0.5, 0.6) is 0 Å². The zero-order chi connectivity index (χ0) is 15.7. The Morgan fingerprint density at radius 1 is 1.18 bits per heavy atom. The Morgan fingerprint density at radius 3 is 2.59 bits per heavy atom. The lowest BCUT2D eigenvalue weighted by molar-refractivity contribution is 0.136. The van der Waals surface area contributed by atoms with Crippen molar-refractivity contribution >= 4 is 11.6 Å². The van der Waals surface area contributed by atoms with E-state index in [0.29, 0.717) is 5.95 Å². The summed E-state index contributed by atoms with van der Waals surface area (Å²) in [5, 5.41) is 0. The normalized spacial score (nSPS) is 16.9. The van der Waals surface area contributed by atoms with E-state index in [9.17, 15) is 0 Å². The lowest BCUT2D eigenvalue weighted by Crippen LogP contribution is -2.21. The minimum Gasteiger partial charge on any atom is -0.368 e. The third kappa shape index (κ3) is 2.67. The Labute approximate surface area is 130 Å². The average Bonchev–Trinajstić information content (AvgIpc) is 2.47. The van der Waals surface area contributed by atoms with Crippen molar-refractivity contribution in [1.29, 1.82) is 0 Å². The molecule has 0 aliphatic heterocycles. The van der Waals surface area contributed by atoms with Crippen molar-refractivity contribution < 1.29 is 4.84 Å². The molecule has 0 fully saturated rings. The summed E-state index contributed by atoms with van der Waals surface area (Å²) in [6, 6.07) is 8.57. The Kier molecular flexibility index (Phi) is 3.81. The quantitative estimate of drug-likeness (QED) is 0.851. The van der Waals surface area contributed by atoms with Crippen LogP contribution in [-0.4, -0.2) is 17.1 Å². The third-order valence-electron chi connectivity index (χ3n) is 3.95. The SMILES string of the molecule is CONC1=CC(c2ccc(C)cc2)Cc2nc(N)nc(C)c21. The zero-order valence-corrected chi connectivity index (χ0v) is 13.1. The van der Waals surface area contributed by atoms with E-state index >= 15 is 0 Å². The second-order valence-electron chi connectivity index (χ2n) is 5.60. The van der Waals surface area contributed by atoms with Crippen LogP contribution < -0.4 is 11.2 Å². The first-order chi connectivity index (χ1) is 10.6. The molecule has 3 N–H and O–H groups in total. The first-order valence-corrected chi connectivity index (χ1v) is 7.29. The second kappa shape index (κ2) is 5.77. The minimum absolute atomic E-state index is 0.236. The number of fused-ring (bicyclic) bond motifs is 1. The summed E-state index contributed by atoms with van der Waals surface area (Å²) in [5.74, 6) is 0.553. The van der Waals surface area contributed by atoms with Gasteiger partial charge in [0.2, 0.25) is 5.95 Å². The van der Waals surface area contributed by atoms with Gasteiger partial charge in [0, 0.05) is 17.9 Å². The number of benzene rings is 1. The van der Waals surface area contributed by atoms with E-state index in [2.05, 4.69) is 52.7 Å². The van der Waals surface area contributed by atoms with E-state index in [1.54, 1.807) is 7.11 Å². The van der Waals surface area contributed by atoms with Crippen LogP contribution in [0, 0.1) is 13.8 Å². The molecule has 3 rings (SSSR count). The topological polar surface area (TPSA) is 73.1 Å². The smallest absolute Gasteiger partial charge is 0.220 e. The van der Waals surface area contributed by atoms with E-state index in [1.807, 2.05) is 6.92 Å².